The fourth-order valence-electron chi connectivity index (χ4n) is 14.1. The molecule has 0 aromatic carbocycles. The van der Waals surface area contributed by atoms with E-state index in [0.29, 0.717) is 67.6 Å². The number of aromatic nitrogens is 2. The first-order chi connectivity index (χ1) is 23.9. The second-order valence-corrected chi connectivity index (χ2v) is 19.6. The van der Waals surface area contributed by atoms with E-state index in [0.717, 1.165) is 49.9 Å². The molecule has 6 aliphatic carbocycles. The lowest BCUT2D eigenvalue weighted by Crippen LogP contribution is -2.62. The summed E-state index contributed by atoms with van der Waals surface area (Å²) in [7, 11) is 1.94. The molecule has 280 valence electrons. The zero-order valence-electron chi connectivity index (χ0n) is 32.5. The quantitative estimate of drug-likeness (QED) is 0.270. The third kappa shape index (κ3) is 5.61. The fraction of sp³-hybridized carbons (Fsp3) is 0.791. The van der Waals surface area contributed by atoms with Crippen molar-refractivity contribution in [1.29, 1.82) is 0 Å². The summed E-state index contributed by atoms with van der Waals surface area (Å²) in [5, 5.41) is 12.6. The van der Waals surface area contributed by atoms with Gasteiger partial charge in [-0.25, -0.2) is 4.98 Å². The van der Waals surface area contributed by atoms with Gasteiger partial charge in [0.15, 0.2) is 5.78 Å². The van der Waals surface area contributed by atoms with Gasteiger partial charge in [0.2, 0.25) is 5.91 Å². The highest BCUT2D eigenvalue weighted by atomic mass is 16.4. The number of hydrogen-bond acceptors (Lipinski definition) is 5. The number of allylic oxidation sites excluding steroid dienone is 2. The molecule has 7 rings (SSSR count). The van der Waals surface area contributed by atoms with E-state index < -0.39 is 5.97 Å². The van der Waals surface area contributed by atoms with Crippen LogP contribution in [0.15, 0.2) is 23.5 Å². The van der Waals surface area contributed by atoms with E-state index in [1.807, 2.05) is 24.7 Å². The van der Waals surface area contributed by atoms with Crippen molar-refractivity contribution in [2.45, 2.75) is 132 Å². The van der Waals surface area contributed by atoms with Gasteiger partial charge < -0.3 is 15.0 Å². The normalized spacial score (nSPS) is 41.2. The Bertz CT molecular complexity index is 1640. The molecule has 0 radical (unpaired) electrons. The Morgan fingerprint density at radius 3 is 2.35 bits per heavy atom. The summed E-state index contributed by atoms with van der Waals surface area (Å²) >= 11 is 0. The first kappa shape index (κ1) is 36.6. The molecule has 5 saturated carbocycles. The third-order valence-electron chi connectivity index (χ3n) is 16.8. The molecule has 0 spiro atoms. The van der Waals surface area contributed by atoms with Crippen LogP contribution in [-0.4, -0.2) is 38.1 Å². The minimum atomic E-state index is -0.762. The maximum atomic E-state index is 13.9. The van der Waals surface area contributed by atoms with Crippen LogP contribution in [0.5, 0.6) is 0 Å². The van der Waals surface area contributed by atoms with Gasteiger partial charge in [0.25, 0.3) is 0 Å². The van der Waals surface area contributed by atoms with Gasteiger partial charge in [-0.2, -0.15) is 0 Å². The molecule has 1 aromatic heterocycles. The predicted molar refractivity (Wildman–Crippen MR) is 196 cm³/mol. The SMILES string of the molecule is CC(C)C1=C2C3CCC4C(C)(CCC5C(C)(C)C(CC(=O)C6CC(C(=O)O)C6C)CCC54C)C3CCC2(CC(=O)NCc2nccn2C)CC1=O. The fourth-order valence-corrected chi connectivity index (χ4v) is 14.1. The van der Waals surface area contributed by atoms with Crippen molar-refractivity contribution in [3.05, 3.63) is 29.4 Å². The van der Waals surface area contributed by atoms with Crippen LogP contribution < -0.4 is 5.32 Å². The second kappa shape index (κ2) is 12.7. The van der Waals surface area contributed by atoms with Crippen LogP contribution in [0.25, 0.3) is 0 Å². The molecular formula is C43H63N3O5. The molecule has 5 fully saturated rings. The highest BCUT2D eigenvalue weighted by Gasteiger charge is 2.66. The molecule has 1 aromatic rings. The standard InChI is InChI=1S/C43H63N3O5/c1-24(2)37-32(48)21-43(22-36(49)45-23-35-44-17-18-46(35)8)16-12-30-27(38(37)43)9-10-34-41(30,6)15-13-33-40(4,5)26(11-14-42(33,34)7)19-31(47)28-20-29(25(28)3)39(50)51/h17-18,24-30,33-34H,9-16,19-23H2,1-8H3,(H,45,49)(H,50,51). The Hall–Kier alpha value is -2.77. The van der Waals surface area contributed by atoms with Crippen LogP contribution in [0.2, 0.25) is 0 Å². The molecule has 51 heavy (non-hydrogen) atoms. The average molecular weight is 702 g/mol. The van der Waals surface area contributed by atoms with Gasteiger partial charge in [0.05, 0.1) is 12.5 Å². The van der Waals surface area contributed by atoms with Gasteiger partial charge in [-0.1, -0.05) is 54.0 Å². The number of nitrogens with one attached hydrogen (secondary N) is 1. The molecule has 8 nitrogen and oxygen atoms in total. The Morgan fingerprint density at radius 2 is 1.71 bits per heavy atom. The summed E-state index contributed by atoms with van der Waals surface area (Å²) in [4.78, 5) is 57.0. The number of Topliss-reactive ketones (excluding diaryl/α,β-unsaturated/α-hetero) is 2. The molecule has 8 heteroatoms. The molecule has 1 heterocycles. The van der Waals surface area contributed by atoms with Crippen molar-refractivity contribution < 1.29 is 24.3 Å². The maximum absolute atomic E-state index is 13.9. The largest absolute Gasteiger partial charge is 0.481 e. The molecular weight excluding hydrogens is 638 g/mol. The number of carbonyl (C=O) groups excluding carboxylic acids is 3. The number of rotatable bonds is 9. The van der Waals surface area contributed by atoms with E-state index in [1.54, 1.807) is 6.20 Å². The van der Waals surface area contributed by atoms with E-state index in [9.17, 15) is 24.3 Å². The summed E-state index contributed by atoms with van der Waals surface area (Å²) in [6, 6.07) is 0. The van der Waals surface area contributed by atoms with Crippen molar-refractivity contribution in [2.75, 3.05) is 0 Å². The number of ketones is 2. The zero-order valence-corrected chi connectivity index (χ0v) is 32.5. The topological polar surface area (TPSA) is 118 Å². The van der Waals surface area contributed by atoms with Crippen molar-refractivity contribution in [3.63, 3.8) is 0 Å². The minimum absolute atomic E-state index is 0.0191. The Morgan fingerprint density at radius 1 is 0.980 bits per heavy atom. The van der Waals surface area contributed by atoms with Crippen LogP contribution >= 0.6 is 0 Å². The van der Waals surface area contributed by atoms with Gasteiger partial charge in [-0.05, 0) is 121 Å². The first-order valence-electron chi connectivity index (χ1n) is 20.2. The number of carbonyl (C=O) groups is 4. The lowest BCUT2D eigenvalue weighted by molar-refractivity contribution is -0.193. The number of carboxylic acids is 1. The van der Waals surface area contributed by atoms with Crippen LogP contribution in [0.4, 0.5) is 0 Å². The summed E-state index contributed by atoms with van der Waals surface area (Å²) in [6.07, 6.45) is 14.4. The average Bonchev–Trinajstić information content (AvgIpc) is 3.59. The number of carboxylic acid groups (broad SMARTS) is 1. The van der Waals surface area contributed by atoms with E-state index in [2.05, 4.69) is 51.8 Å². The Balaban J connectivity index is 1.10. The molecule has 0 saturated heterocycles. The number of imidazole rings is 1. The zero-order chi connectivity index (χ0) is 36.8. The molecule has 11 atom stereocenters. The minimum Gasteiger partial charge on any atom is -0.481 e. The van der Waals surface area contributed by atoms with Gasteiger partial charge in [-0.3, -0.25) is 19.2 Å². The lowest BCUT2D eigenvalue weighted by atomic mass is 9.35. The number of nitrogens with zero attached hydrogens (tertiary/aromatic N) is 2. The Labute approximate surface area is 305 Å². The van der Waals surface area contributed by atoms with Crippen molar-refractivity contribution in [2.24, 2.45) is 82.0 Å². The number of hydrogen-bond donors (Lipinski definition) is 2. The van der Waals surface area contributed by atoms with Gasteiger partial charge in [-0.15, -0.1) is 0 Å². The van der Waals surface area contributed by atoms with Crippen LogP contribution in [-0.2, 0) is 32.8 Å². The van der Waals surface area contributed by atoms with Crippen LogP contribution in [0.3, 0.4) is 0 Å². The number of aryl methyl sites for hydroxylation is 1. The molecule has 0 bridgehead atoms. The smallest absolute Gasteiger partial charge is 0.306 e. The summed E-state index contributed by atoms with van der Waals surface area (Å²) in [6.45, 7) is 16.7. The number of fused-ring (bicyclic) bond motifs is 7. The second-order valence-electron chi connectivity index (χ2n) is 19.6. The molecule has 2 N–H and O–H groups in total. The van der Waals surface area contributed by atoms with Crippen molar-refractivity contribution in [3.8, 4) is 0 Å². The van der Waals surface area contributed by atoms with Crippen molar-refractivity contribution in [1.82, 2.24) is 14.9 Å². The van der Waals surface area contributed by atoms with Gasteiger partial charge in [0.1, 0.15) is 11.6 Å². The maximum Gasteiger partial charge on any atom is 0.306 e. The number of aliphatic carboxylic acids is 1. The lowest BCUT2D eigenvalue weighted by Gasteiger charge is -2.69. The Kier molecular flexibility index (Phi) is 9.09. The third-order valence-corrected chi connectivity index (χ3v) is 16.8. The summed E-state index contributed by atoms with van der Waals surface area (Å²) < 4.78 is 1.93. The van der Waals surface area contributed by atoms with Gasteiger partial charge >= 0.3 is 5.97 Å². The van der Waals surface area contributed by atoms with Crippen LogP contribution in [0.1, 0.15) is 131 Å². The molecule has 11 unspecified atom stereocenters. The van der Waals surface area contributed by atoms with Gasteiger partial charge in [0, 0.05) is 50.0 Å². The van der Waals surface area contributed by atoms with E-state index in [-0.39, 0.29) is 57.0 Å². The highest BCUT2D eigenvalue weighted by molar-refractivity contribution is 6.01. The molecule has 1 amide bonds. The molecule has 6 aliphatic rings. The monoisotopic (exact) mass is 701 g/mol. The van der Waals surface area contributed by atoms with E-state index >= 15 is 0 Å². The van der Waals surface area contributed by atoms with Crippen LogP contribution in [0, 0.1) is 74.9 Å². The summed E-state index contributed by atoms with van der Waals surface area (Å²) in [5.74, 6) is 2.60. The van der Waals surface area contributed by atoms with E-state index in [4.69, 9.17) is 0 Å². The van der Waals surface area contributed by atoms with Crippen molar-refractivity contribution >= 4 is 23.4 Å². The first-order valence-corrected chi connectivity index (χ1v) is 20.2. The number of amides is 1. The predicted octanol–water partition coefficient (Wildman–Crippen LogP) is 7.95. The molecule has 0 aliphatic heterocycles. The highest BCUT2D eigenvalue weighted by Crippen LogP contribution is 2.74. The summed E-state index contributed by atoms with van der Waals surface area (Å²) in [5.41, 5.74) is 2.42. The van der Waals surface area contributed by atoms with E-state index in [1.165, 1.54) is 18.4 Å².